The van der Waals surface area contributed by atoms with E-state index in [1.807, 2.05) is 24.4 Å². The Hall–Kier alpha value is -3.54. The molecule has 0 aliphatic heterocycles. The van der Waals surface area contributed by atoms with Crippen LogP contribution in [0.5, 0.6) is 5.75 Å². The van der Waals surface area contributed by atoms with Crippen LogP contribution < -0.4 is 4.74 Å². The molecule has 3 rings (SSSR count). The molecule has 0 bridgehead atoms. The van der Waals surface area contributed by atoms with Gasteiger partial charge in [0.2, 0.25) is 0 Å². The Morgan fingerprint density at radius 2 is 1.60 bits per heavy atom. The van der Waals surface area contributed by atoms with Gasteiger partial charge in [0.15, 0.2) is 0 Å². The van der Waals surface area contributed by atoms with Crippen molar-refractivity contribution < 1.29 is 23.8 Å². The lowest BCUT2D eigenvalue weighted by Gasteiger charge is -2.08. The molecule has 1 aromatic heterocycles. The summed E-state index contributed by atoms with van der Waals surface area (Å²) in [4.78, 5) is 27.4. The minimum absolute atomic E-state index is 0.133. The van der Waals surface area contributed by atoms with Gasteiger partial charge in [0, 0.05) is 23.5 Å². The molecule has 6 nitrogen and oxygen atoms in total. The highest BCUT2D eigenvalue weighted by Crippen LogP contribution is 2.20. The Labute approximate surface area is 175 Å². The van der Waals surface area contributed by atoms with Crippen molar-refractivity contribution in [1.29, 1.82) is 0 Å². The Morgan fingerprint density at radius 1 is 0.933 bits per heavy atom. The van der Waals surface area contributed by atoms with Crippen LogP contribution in [0.2, 0.25) is 0 Å². The average Bonchev–Trinajstić information content (AvgIpc) is 3.16. The van der Waals surface area contributed by atoms with Crippen molar-refractivity contribution in [2.45, 2.75) is 20.3 Å². The molecular formula is C24H25NO5. The van der Waals surface area contributed by atoms with Crippen LogP contribution in [0.25, 0.3) is 17.0 Å². The molecule has 0 spiro atoms. The number of hydrogen-bond acceptors (Lipinski definition) is 5. The summed E-state index contributed by atoms with van der Waals surface area (Å²) in [5.41, 5.74) is 2.86. The second-order valence-electron chi connectivity index (χ2n) is 6.53. The second kappa shape index (κ2) is 10.3. The van der Waals surface area contributed by atoms with Crippen molar-refractivity contribution in [2.75, 3.05) is 19.8 Å². The fraction of sp³-hybridized carbons (Fsp3) is 0.250. The topological polar surface area (TPSA) is 77.6 Å². The lowest BCUT2D eigenvalue weighted by Crippen LogP contribution is -2.18. The first-order valence-electron chi connectivity index (χ1n) is 9.96. The maximum Gasteiger partial charge on any atom is 0.345 e. The Kier molecular flexibility index (Phi) is 7.27. The number of carbonyl (C=O) groups is 2. The first-order chi connectivity index (χ1) is 14.6. The third-order valence-corrected chi connectivity index (χ3v) is 4.50. The highest BCUT2D eigenvalue weighted by atomic mass is 16.6. The molecule has 0 amide bonds. The number of H-pyrrole nitrogens is 1. The molecule has 1 N–H and O–H groups in total. The number of rotatable bonds is 9. The first kappa shape index (κ1) is 21.2. The number of para-hydroxylation sites is 1. The Morgan fingerprint density at radius 3 is 2.27 bits per heavy atom. The minimum Gasteiger partial charge on any atom is -0.493 e. The van der Waals surface area contributed by atoms with Crippen LogP contribution in [0.15, 0.2) is 60.3 Å². The Bertz CT molecular complexity index is 1010. The summed E-state index contributed by atoms with van der Waals surface area (Å²) in [6.45, 7) is 4.26. The summed E-state index contributed by atoms with van der Waals surface area (Å²) in [7, 11) is 0. The Balaban J connectivity index is 1.63. The van der Waals surface area contributed by atoms with E-state index in [4.69, 9.17) is 14.2 Å². The van der Waals surface area contributed by atoms with Gasteiger partial charge in [-0.3, -0.25) is 0 Å². The van der Waals surface area contributed by atoms with Gasteiger partial charge >= 0.3 is 11.9 Å². The minimum atomic E-state index is -0.699. The monoisotopic (exact) mass is 407 g/mol. The molecular weight excluding hydrogens is 382 g/mol. The highest BCUT2D eigenvalue weighted by molar-refractivity contribution is 6.17. The average molecular weight is 407 g/mol. The molecule has 0 atom stereocenters. The molecule has 0 aliphatic rings. The van der Waals surface area contributed by atoms with Crippen LogP contribution in [0.3, 0.4) is 0 Å². The lowest BCUT2D eigenvalue weighted by molar-refractivity contribution is -0.146. The van der Waals surface area contributed by atoms with Gasteiger partial charge in [-0.2, -0.15) is 0 Å². The van der Waals surface area contributed by atoms with E-state index in [9.17, 15) is 9.59 Å². The molecule has 2 aromatic carbocycles. The third-order valence-electron chi connectivity index (χ3n) is 4.50. The highest BCUT2D eigenvalue weighted by Gasteiger charge is 2.20. The summed E-state index contributed by atoms with van der Waals surface area (Å²) in [5, 5.41) is 1.20. The third kappa shape index (κ3) is 5.29. The number of ether oxygens (including phenoxy) is 3. The molecule has 6 heteroatoms. The van der Waals surface area contributed by atoms with Gasteiger partial charge in [-0.15, -0.1) is 0 Å². The van der Waals surface area contributed by atoms with E-state index in [0.29, 0.717) is 17.9 Å². The normalized spacial score (nSPS) is 10.5. The van der Waals surface area contributed by atoms with Crippen molar-refractivity contribution >= 4 is 28.9 Å². The number of nitrogens with one attached hydrogen (secondary N) is 1. The maximum atomic E-state index is 12.1. The van der Waals surface area contributed by atoms with Crippen LogP contribution in [-0.2, 0) is 25.5 Å². The molecule has 30 heavy (non-hydrogen) atoms. The lowest BCUT2D eigenvalue weighted by atomic mass is 10.1. The predicted octanol–water partition coefficient (Wildman–Crippen LogP) is 4.30. The largest absolute Gasteiger partial charge is 0.493 e. The van der Waals surface area contributed by atoms with Crippen molar-refractivity contribution in [3.63, 3.8) is 0 Å². The van der Waals surface area contributed by atoms with E-state index in [1.165, 1.54) is 17.0 Å². The van der Waals surface area contributed by atoms with Crippen molar-refractivity contribution in [2.24, 2.45) is 0 Å². The molecule has 0 radical (unpaired) electrons. The van der Waals surface area contributed by atoms with E-state index < -0.39 is 11.9 Å². The number of aromatic amines is 1. The van der Waals surface area contributed by atoms with E-state index >= 15 is 0 Å². The van der Waals surface area contributed by atoms with Crippen LogP contribution >= 0.6 is 0 Å². The van der Waals surface area contributed by atoms with Gasteiger partial charge in [-0.25, -0.2) is 9.59 Å². The SMILES string of the molecule is CCOC(=O)C(=Cc1ccc(OCCc2c[nH]c3ccccc23)cc1)C(=O)OCC. The van der Waals surface area contributed by atoms with E-state index in [2.05, 4.69) is 11.1 Å². The second-order valence-corrected chi connectivity index (χ2v) is 6.53. The van der Waals surface area contributed by atoms with Crippen LogP contribution in [-0.4, -0.2) is 36.7 Å². The summed E-state index contributed by atoms with van der Waals surface area (Å²) < 4.78 is 15.7. The standard InChI is InChI=1S/C24H25NO5/c1-3-28-23(26)21(24(27)29-4-2)15-17-9-11-19(12-10-17)30-14-13-18-16-25-22-8-6-5-7-20(18)22/h5-12,15-16,25H,3-4,13-14H2,1-2H3. The van der Waals surface area contributed by atoms with E-state index in [1.54, 1.807) is 38.1 Å². The van der Waals surface area contributed by atoms with E-state index in [0.717, 1.165) is 11.9 Å². The molecule has 0 unspecified atom stereocenters. The van der Waals surface area contributed by atoms with Crippen LogP contribution in [0, 0.1) is 0 Å². The van der Waals surface area contributed by atoms with Gasteiger partial charge in [-0.05, 0) is 49.2 Å². The van der Waals surface area contributed by atoms with Gasteiger partial charge in [0.1, 0.15) is 11.3 Å². The summed E-state index contributed by atoms with van der Waals surface area (Å²) in [6, 6.07) is 15.3. The first-order valence-corrected chi connectivity index (χ1v) is 9.96. The number of esters is 2. The van der Waals surface area contributed by atoms with Gasteiger partial charge in [-0.1, -0.05) is 30.3 Å². The summed E-state index contributed by atoms with van der Waals surface area (Å²) >= 11 is 0. The molecule has 3 aromatic rings. The molecule has 0 aliphatic carbocycles. The van der Waals surface area contributed by atoms with Gasteiger partial charge < -0.3 is 19.2 Å². The zero-order chi connectivity index (χ0) is 21.3. The smallest absolute Gasteiger partial charge is 0.345 e. The summed E-state index contributed by atoms with van der Waals surface area (Å²) in [6.07, 6.45) is 4.25. The molecule has 0 saturated heterocycles. The van der Waals surface area contributed by atoms with Crippen molar-refractivity contribution in [1.82, 2.24) is 4.98 Å². The van der Waals surface area contributed by atoms with Crippen LogP contribution in [0.1, 0.15) is 25.0 Å². The fourth-order valence-electron chi connectivity index (χ4n) is 3.06. The molecule has 156 valence electrons. The number of benzene rings is 2. The number of carbonyl (C=O) groups excluding carboxylic acids is 2. The maximum absolute atomic E-state index is 12.1. The molecule has 0 saturated carbocycles. The van der Waals surface area contributed by atoms with Crippen molar-refractivity contribution in [3.05, 3.63) is 71.4 Å². The van der Waals surface area contributed by atoms with Gasteiger partial charge in [0.25, 0.3) is 0 Å². The molecule has 1 heterocycles. The summed E-state index contributed by atoms with van der Waals surface area (Å²) in [5.74, 6) is -0.689. The van der Waals surface area contributed by atoms with Crippen molar-refractivity contribution in [3.8, 4) is 5.75 Å². The number of aromatic nitrogens is 1. The van der Waals surface area contributed by atoms with Gasteiger partial charge in [0.05, 0.1) is 19.8 Å². The predicted molar refractivity (Wildman–Crippen MR) is 115 cm³/mol. The van der Waals surface area contributed by atoms with E-state index in [-0.39, 0.29) is 18.8 Å². The fourth-order valence-corrected chi connectivity index (χ4v) is 3.06. The zero-order valence-electron chi connectivity index (χ0n) is 17.1. The zero-order valence-corrected chi connectivity index (χ0v) is 17.1. The van der Waals surface area contributed by atoms with Crippen LogP contribution in [0.4, 0.5) is 0 Å². The molecule has 0 fully saturated rings. The number of fused-ring (bicyclic) bond motifs is 1. The quantitative estimate of drug-likeness (QED) is 0.248. The number of hydrogen-bond donors (Lipinski definition) is 1.